The van der Waals surface area contributed by atoms with Crippen molar-refractivity contribution in [3.63, 3.8) is 0 Å². The van der Waals surface area contributed by atoms with Crippen LogP contribution in [0.25, 0.3) is 6.08 Å². The first-order valence-corrected chi connectivity index (χ1v) is 7.68. The summed E-state index contributed by atoms with van der Waals surface area (Å²) in [6.07, 6.45) is 3.79. The molecule has 4 nitrogen and oxygen atoms in total. The van der Waals surface area contributed by atoms with Gasteiger partial charge in [-0.25, -0.2) is 9.37 Å². The predicted octanol–water partition coefficient (Wildman–Crippen LogP) is 3.71. The van der Waals surface area contributed by atoms with Crippen LogP contribution >= 0.6 is 11.3 Å². The highest BCUT2D eigenvalue weighted by atomic mass is 32.1. The third kappa shape index (κ3) is 3.38. The lowest BCUT2D eigenvalue weighted by molar-refractivity contribution is -0.112. The molecule has 0 unspecified atom stereocenters. The molecule has 110 valence electrons. The van der Waals surface area contributed by atoms with Gasteiger partial charge in [-0.3, -0.25) is 4.79 Å². The lowest BCUT2D eigenvalue weighted by atomic mass is 10.2. The fourth-order valence-electron chi connectivity index (χ4n) is 1.91. The molecule has 0 spiro atoms. The smallest absolute Gasteiger partial charge is 0.266 e. The van der Waals surface area contributed by atoms with Crippen molar-refractivity contribution in [2.24, 2.45) is 0 Å². The van der Waals surface area contributed by atoms with Gasteiger partial charge in [0, 0.05) is 17.0 Å². The lowest BCUT2D eigenvalue weighted by Gasteiger charge is -2.03. The summed E-state index contributed by atoms with van der Waals surface area (Å²) in [5.74, 6) is -0.370. The minimum absolute atomic E-state index is 0.0306. The first kappa shape index (κ1) is 14.4. The van der Waals surface area contributed by atoms with Crippen LogP contribution in [0.2, 0.25) is 0 Å². The second kappa shape index (κ2) is 6.08. The standard InChI is InChI=1S/C16H12FN3OS/c17-12-3-5-13(6-4-12)19-15(21)11(8-18)7-14-9-22-16(20-14)10-1-2-10/h3-7,9-10H,1-2H2,(H,19,21)/b11-7-. The molecule has 1 aliphatic carbocycles. The number of carbonyl (C=O) groups excluding carboxylic acids is 1. The van der Waals surface area contributed by atoms with Gasteiger partial charge in [0.2, 0.25) is 0 Å². The summed E-state index contributed by atoms with van der Waals surface area (Å²) in [5, 5.41) is 14.6. The number of aromatic nitrogens is 1. The molecule has 0 atom stereocenters. The Kier molecular flexibility index (Phi) is 3.98. The minimum Gasteiger partial charge on any atom is -0.321 e. The maximum atomic E-state index is 12.8. The van der Waals surface area contributed by atoms with Crippen LogP contribution in [0.5, 0.6) is 0 Å². The molecule has 1 aromatic carbocycles. The normalized spacial score (nSPS) is 14.5. The number of nitrogens with one attached hydrogen (secondary N) is 1. The third-order valence-corrected chi connectivity index (χ3v) is 4.25. The van der Waals surface area contributed by atoms with Gasteiger partial charge in [0.25, 0.3) is 5.91 Å². The van der Waals surface area contributed by atoms with Gasteiger partial charge in [-0.2, -0.15) is 5.26 Å². The molecule has 0 aliphatic heterocycles. The summed E-state index contributed by atoms with van der Waals surface area (Å²) >= 11 is 1.55. The van der Waals surface area contributed by atoms with E-state index in [1.165, 1.54) is 30.3 Å². The summed E-state index contributed by atoms with van der Waals surface area (Å²) in [6, 6.07) is 7.24. The van der Waals surface area contributed by atoms with E-state index in [1.807, 2.05) is 11.4 Å². The van der Waals surface area contributed by atoms with Crippen LogP contribution in [0.15, 0.2) is 35.2 Å². The molecule has 1 saturated carbocycles. The minimum atomic E-state index is -0.532. The highest BCUT2D eigenvalue weighted by molar-refractivity contribution is 7.09. The van der Waals surface area contributed by atoms with Crippen molar-refractivity contribution in [3.05, 3.63) is 51.7 Å². The van der Waals surface area contributed by atoms with Gasteiger partial charge < -0.3 is 5.32 Å². The van der Waals surface area contributed by atoms with Gasteiger partial charge in [0.15, 0.2) is 0 Å². The Hall–Kier alpha value is -2.52. The van der Waals surface area contributed by atoms with E-state index in [-0.39, 0.29) is 11.4 Å². The Labute approximate surface area is 130 Å². The predicted molar refractivity (Wildman–Crippen MR) is 82.7 cm³/mol. The molecule has 1 heterocycles. The second-order valence-corrected chi connectivity index (χ2v) is 5.91. The molecule has 1 aliphatic rings. The van der Waals surface area contributed by atoms with Gasteiger partial charge >= 0.3 is 0 Å². The first-order chi connectivity index (χ1) is 10.7. The highest BCUT2D eigenvalue weighted by Gasteiger charge is 2.26. The van der Waals surface area contributed by atoms with Crippen molar-refractivity contribution in [1.29, 1.82) is 5.26 Å². The maximum Gasteiger partial charge on any atom is 0.266 e. The maximum absolute atomic E-state index is 12.8. The molecule has 2 aromatic rings. The Balaban J connectivity index is 1.74. The molecular formula is C16H12FN3OS. The summed E-state index contributed by atoms with van der Waals surface area (Å²) in [4.78, 5) is 16.5. The van der Waals surface area contributed by atoms with E-state index >= 15 is 0 Å². The number of rotatable bonds is 4. The number of nitriles is 1. The van der Waals surface area contributed by atoms with Gasteiger partial charge in [-0.1, -0.05) is 0 Å². The zero-order valence-corrected chi connectivity index (χ0v) is 12.4. The van der Waals surface area contributed by atoms with Crippen molar-refractivity contribution < 1.29 is 9.18 Å². The van der Waals surface area contributed by atoms with Crippen molar-refractivity contribution in [1.82, 2.24) is 4.98 Å². The average molecular weight is 313 g/mol. The zero-order valence-electron chi connectivity index (χ0n) is 11.5. The van der Waals surface area contributed by atoms with Crippen molar-refractivity contribution in [3.8, 4) is 6.07 Å². The van der Waals surface area contributed by atoms with Crippen LogP contribution < -0.4 is 5.32 Å². The van der Waals surface area contributed by atoms with E-state index in [0.717, 1.165) is 17.8 Å². The lowest BCUT2D eigenvalue weighted by Crippen LogP contribution is -2.13. The van der Waals surface area contributed by atoms with Crippen molar-refractivity contribution in [2.75, 3.05) is 5.32 Å². The van der Waals surface area contributed by atoms with Crippen LogP contribution in [-0.2, 0) is 4.79 Å². The molecule has 0 saturated heterocycles. The largest absolute Gasteiger partial charge is 0.321 e. The van der Waals surface area contributed by atoms with Crippen LogP contribution in [0, 0.1) is 17.1 Å². The molecule has 6 heteroatoms. The monoisotopic (exact) mass is 313 g/mol. The van der Waals surface area contributed by atoms with E-state index in [2.05, 4.69) is 10.3 Å². The average Bonchev–Trinajstić information content (AvgIpc) is 3.26. The van der Waals surface area contributed by atoms with E-state index < -0.39 is 5.91 Å². The van der Waals surface area contributed by atoms with Gasteiger partial charge in [0.1, 0.15) is 17.5 Å². The molecule has 0 radical (unpaired) electrons. The van der Waals surface area contributed by atoms with Gasteiger partial charge in [-0.05, 0) is 43.2 Å². The van der Waals surface area contributed by atoms with Crippen molar-refractivity contribution >= 4 is 29.0 Å². The molecule has 1 N–H and O–H groups in total. The summed E-state index contributed by atoms with van der Waals surface area (Å²) < 4.78 is 12.8. The molecule has 0 bridgehead atoms. The molecule has 1 fully saturated rings. The molecule has 22 heavy (non-hydrogen) atoms. The van der Waals surface area contributed by atoms with Crippen molar-refractivity contribution in [2.45, 2.75) is 18.8 Å². The quantitative estimate of drug-likeness (QED) is 0.691. The van der Waals surface area contributed by atoms with Crippen LogP contribution in [-0.4, -0.2) is 10.9 Å². The van der Waals surface area contributed by atoms with E-state index in [0.29, 0.717) is 17.3 Å². The first-order valence-electron chi connectivity index (χ1n) is 6.80. The van der Waals surface area contributed by atoms with Gasteiger partial charge in [0.05, 0.1) is 10.7 Å². The van der Waals surface area contributed by atoms with Gasteiger partial charge in [-0.15, -0.1) is 11.3 Å². The Morgan fingerprint density at radius 2 is 2.14 bits per heavy atom. The summed E-state index contributed by atoms with van der Waals surface area (Å²) in [5.41, 5.74) is 1.03. The topological polar surface area (TPSA) is 65.8 Å². The van der Waals surface area contributed by atoms with Crippen LogP contribution in [0.3, 0.4) is 0 Å². The molecular weight excluding hydrogens is 301 g/mol. The zero-order chi connectivity index (χ0) is 15.5. The SMILES string of the molecule is N#C/C(=C/c1csc(C2CC2)n1)C(=O)Nc1ccc(F)cc1. The van der Waals surface area contributed by atoms with E-state index in [1.54, 1.807) is 11.3 Å². The molecule has 1 amide bonds. The number of benzene rings is 1. The Morgan fingerprint density at radius 3 is 2.77 bits per heavy atom. The van der Waals surface area contributed by atoms with E-state index in [4.69, 9.17) is 5.26 Å². The number of carbonyl (C=O) groups is 1. The molecule has 3 rings (SSSR count). The number of nitrogens with zero attached hydrogens (tertiary/aromatic N) is 2. The fraction of sp³-hybridized carbons (Fsp3) is 0.188. The third-order valence-electron chi connectivity index (χ3n) is 3.23. The number of anilines is 1. The fourth-order valence-corrected chi connectivity index (χ4v) is 2.86. The number of thiazole rings is 1. The van der Waals surface area contributed by atoms with Crippen LogP contribution in [0.1, 0.15) is 29.5 Å². The number of halogens is 1. The number of amides is 1. The Bertz CT molecular complexity index is 769. The molecule has 1 aromatic heterocycles. The summed E-state index contributed by atoms with van der Waals surface area (Å²) in [7, 11) is 0. The second-order valence-electron chi connectivity index (χ2n) is 5.02. The Morgan fingerprint density at radius 1 is 1.41 bits per heavy atom. The summed E-state index contributed by atoms with van der Waals surface area (Å²) in [6.45, 7) is 0. The van der Waals surface area contributed by atoms with Crippen LogP contribution in [0.4, 0.5) is 10.1 Å². The van der Waals surface area contributed by atoms with E-state index in [9.17, 15) is 9.18 Å². The highest BCUT2D eigenvalue weighted by Crippen LogP contribution is 2.41. The number of hydrogen-bond donors (Lipinski definition) is 1. The number of hydrogen-bond acceptors (Lipinski definition) is 4.